The number of hydrogen-bond acceptors (Lipinski definition) is 9. The summed E-state index contributed by atoms with van der Waals surface area (Å²) >= 11 is 0. The smallest absolute Gasteiger partial charge is 0.442 e. The molecule has 0 bridgehead atoms. The second-order valence-corrected chi connectivity index (χ2v) is 7.46. The van der Waals surface area contributed by atoms with E-state index in [2.05, 4.69) is 4.52 Å². The van der Waals surface area contributed by atoms with Crippen molar-refractivity contribution in [1.82, 2.24) is 9.13 Å². The molecule has 150 valence electrons. The number of phosphoric acid groups is 1. The maximum absolute atomic E-state index is 14.0. The number of nitrogens with two attached hydrogens (primary N) is 1. The molecule has 14 heteroatoms. The molecule has 2 fully saturated rings. The number of rotatable bonds is 4. The Hall–Kier alpha value is -1.89. The van der Waals surface area contributed by atoms with E-state index < -0.39 is 62.1 Å². The van der Waals surface area contributed by atoms with Crippen LogP contribution in [0.2, 0.25) is 0 Å². The summed E-state index contributed by atoms with van der Waals surface area (Å²) in [4.78, 5) is 45.2. The summed E-state index contributed by atoms with van der Waals surface area (Å²) in [6.45, 7) is 0.254. The van der Waals surface area contributed by atoms with Gasteiger partial charge in [0.2, 0.25) is 5.82 Å². The van der Waals surface area contributed by atoms with Gasteiger partial charge in [-0.05, 0) is 6.92 Å². The summed E-state index contributed by atoms with van der Waals surface area (Å²) in [5.74, 6) is -2.17. The Morgan fingerprint density at radius 1 is 1.52 bits per heavy atom. The van der Waals surface area contributed by atoms with Crippen LogP contribution >= 0.6 is 7.82 Å². The minimum Gasteiger partial charge on any atom is -0.442 e. The zero-order chi connectivity index (χ0) is 19.9. The van der Waals surface area contributed by atoms with Gasteiger partial charge in [-0.3, -0.25) is 23.2 Å². The molecule has 0 aromatic carbocycles. The van der Waals surface area contributed by atoms with Crippen LogP contribution in [0, 0.1) is 5.82 Å². The van der Waals surface area contributed by atoms with Crippen LogP contribution in [0.4, 0.5) is 4.39 Å². The quantitative estimate of drug-likeness (QED) is 0.456. The van der Waals surface area contributed by atoms with Crippen LogP contribution in [0.15, 0.2) is 15.8 Å². The van der Waals surface area contributed by atoms with E-state index in [1.165, 1.54) is 6.92 Å². The maximum atomic E-state index is 14.0. The minimum atomic E-state index is -4.21. The molecule has 3 rings (SSSR count). The average Bonchev–Trinajstić information content (AvgIpc) is 2.99. The lowest BCUT2D eigenvalue weighted by Crippen LogP contribution is -2.44. The second kappa shape index (κ2) is 7.26. The third-order valence-electron chi connectivity index (χ3n) is 4.02. The molecule has 2 saturated heterocycles. The Morgan fingerprint density at radius 2 is 2.22 bits per heavy atom. The molecule has 5 atom stereocenters. The van der Waals surface area contributed by atoms with E-state index >= 15 is 0 Å². The van der Waals surface area contributed by atoms with Crippen LogP contribution in [0.5, 0.6) is 0 Å². The number of carbonyl (C=O) groups excluding carboxylic acids is 1. The summed E-state index contributed by atoms with van der Waals surface area (Å²) < 4.78 is 46.3. The SMILES string of the molecule is CC(N)C(=O)OCn1c(=O)c(F)cn([C@H]2C[C@@H]3OP(=O)(O)OC[C@H]3O2)c1=O. The van der Waals surface area contributed by atoms with Crippen molar-refractivity contribution in [2.45, 2.75) is 44.6 Å². The van der Waals surface area contributed by atoms with Crippen molar-refractivity contribution in [3.8, 4) is 0 Å². The van der Waals surface area contributed by atoms with Crippen LogP contribution in [0.3, 0.4) is 0 Å². The first-order valence-corrected chi connectivity index (χ1v) is 9.33. The fourth-order valence-corrected chi connectivity index (χ4v) is 3.63. The van der Waals surface area contributed by atoms with Gasteiger partial charge in [-0.25, -0.2) is 13.9 Å². The summed E-state index contributed by atoms with van der Waals surface area (Å²) in [5.41, 5.74) is 3.02. The molecule has 1 aromatic heterocycles. The fraction of sp³-hybridized carbons (Fsp3) is 0.615. The number of ether oxygens (including phenoxy) is 2. The van der Waals surface area contributed by atoms with E-state index in [1.54, 1.807) is 0 Å². The molecule has 0 aliphatic carbocycles. The van der Waals surface area contributed by atoms with Crippen molar-refractivity contribution < 1.29 is 37.2 Å². The first-order valence-electron chi connectivity index (χ1n) is 7.84. The number of phosphoric ester groups is 1. The van der Waals surface area contributed by atoms with Crippen molar-refractivity contribution in [1.29, 1.82) is 0 Å². The largest absolute Gasteiger partial charge is 0.472 e. The van der Waals surface area contributed by atoms with Crippen molar-refractivity contribution in [3.05, 3.63) is 32.9 Å². The molecule has 27 heavy (non-hydrogen) atoms. The number of aromatic nitrogens is 2. The topological polar surface area (TPSA) is 161 Å². The third kappa shape index (κ3) is 4.03. The van der Waals surface area contributed by atoms with Gasteiger partial charge in [-0.15, -0.1) is 0 Å². The molecule has 12 nitrogen and oxygen atoms in total. The minimum absolute atomic E-state index is 0.0598. The number of fused-ring (bicyclic) bond motifs is 1. The first kappa shape index (κ1) is 19.9. The number of nitrogens with zero attached hydrogens (tertiary/aromatic N) is 2. The summed E-state index contributed by atoms with van der Waals surface area (Å²) in [6.07, 6.45) is -2.10. The maximum Gasteiger partial charge on any atom is 0.472 e. The molecular weight excluding hydrogens is 392 g/mol. The number of hydrogen-bond donors (Lipinski definition) is 2. The Bertz CT molecular complexity index is 913. The van der Waals surface area contributed by atoms with Crippen LogP contribution in [-0.2, 0) is 34.6 Å². The van der Waals surface area contributed by atoms with Crippen molar-refractivity contribution in [3.63, 3.8) is 0 Å². The molecule has 3 N–H and O–H groups in total. The van der Waals surface area contributed by atoms with Gasteiger partial charge in [-0.2, -0.15) is 4.39 Å². The normalized spacial score (nSPS) is 31.3. The van der Waals surface area contributed by atoms with E-state index in [0.29, 0.717) is 10.8 Å². The molecule has 2 unspecified atom stereocenters. The predicted octanol–water partition coefficient (Wildman–Crippen LogP) is -1.20. The van der Waals surface area contributed by atoms with E-state index in [9.17, 15) is 28.2 Å². The monoisotopic (exact) mass is 409 g/mol. The van der Waals surface area contributed by atoms with Crippen molar-refractivity contribution in [2.75, 3.05) is 6.61 Å². The Morgan fingerprint density at radius 3 is 2.89 bits per heavy atom. The Balaban J connectivity index is 1.87. The molecule has 0 saturated carbocycles. The zero-order valence-electron chi connectivity index (χ0n) is 14.0. The number of carbonyl (C=O) groups is 1. The molecule has 3 heterocycles. The fourth-order valence-electron chi connectivity index (χ4n) is 2.67. The van der Waals surface area contributed by atoms with Crippen LogP contribution in [0.25, 0.3) is 0 Å². The summed E-state index contributed by atoms with van der Waals surface area (Å²) in [5, 5.41) is 0. The third-order valence-corrected chi connectivity index (χ3v) is 5.04. The van der Waals surface area contributed by atoms with Gasteiger partial charge in [-0.1, -0.05) is 0 Å². The zero-order valence-corrected chi connectivity index (χ0v) is 14.9. The second-order valence-electron chi connectivity index (χ2n) is 6.05. The number of esters is 1. The highest BCUT2D eigenvalue weighted by atomic mass is 31.2. The highest BCUT2D eigenvalue weighted by Crippen LogP contribution is 2.52. The van der Waals surface area contributed by atoms with E-state index in [0.717, 1.165) is 4.57 Å². The Labute approximate surface area is 150 Å². The first-order chi connectivity index (χ1) is 12.6. The highest BCUT2D eigenvalue weighted by molar-refractivity contribution is 7.47. The van der Waals surface area contributed by atoms with Gasteiger partial charge < -0.3 is 20.1 Å². The van der Waals surface area contributed by atoms with Gasteiger partial charge in [0, 0.05) is 6.42 Å². The van der Waals surface area contributed by atoms with Crippen molar-refractivity contribution >= 4 is 13.8 Å². The number of halogens is 1. The molecule has 0 amide bonds. The molecule has 2 aliphatic heterocycles. The molecule has 0 radical (unpaired) electrons. The predicted molar refractivity (Wildman–Crippen MR) is 83.8 cm³/mol. The van der Waals surface area contributed by atoms with E-state index in [1.807, 2.05) is 0 Å². The van der Waals surface area contributed by atoms with Gasteiger partial charge >= 0.3 is 19.5 Å². The van der Waals surface area contributed by atoms with Gasteiger partial charge in [0.05, 0.1) is 12.8 Å². The summed E-state index contributed by atoms with van der Waals surface area (Å²) in [6, 6.07) is -0.996. The van der Waals surface area contributed by atoms with Gasteiger partial charge in [0.15, 0.2) is 6.73 Å². The average molecular weight is 409 g/mol. The van der Waals surface area contributed by atoms with Crippen LogP contribution < -0.4 is 17.0 Å². The van der Waals surface area contributed by atoms with E-state index in [-0.39, 0.29) is 13.0 Å². The highest BCUT2D eigenvalue weighted by Gasteiger charge is 2.46. The Kier molecular flexibility index (Phi) is 5.34. The molecular formula is C13H17FN3O9P. The van der Waals surface area contributed by atoms with E-state index in [4.69, 9.17) is 19.7 Å². The summed E-state index contributed by atoms with van der Waals surface area (Å²) in [7, 11) is -4.21. The molecule has 0 spiro atoms. The van der Waals surface area contributed by atoms with Gasteiger partial charge in [0.25, 0.3) is 5.56 Å². The van der Waals surface area contributed by atoms with Gasteiger partial charge in [0.1, 0.15) is 24.5 Å². The van der Waals surface area contributed by atoms with Crippen LogP contribution in [-0.4, -0.2) is 44.9 Å². The lowest BCUT2D eigenvalue weighted by Gasteiger charge is -2.26. The molecule has 2 aliphatic rings. The molecule has 1 aromatic rings. The lowest BCUT2D eigenvalue weighted by atomic mass is 10.2. The van der Waals surface area contributed by atoms with Crippen molar-refractivity contribution in [2.24, 2.45) is 5.73 Å². The lowest BCUT2D eigenvalue weighted by molar-refractivity contribution is -0.149. The van der Waals surface area contributed by atoms with Crippen LogP contribution in [0.1, 0.15) is 19.6 Å². The standard InChI is InChI=1S/C13H17FN3O9P/c1-6(15)12(19)23-5-17-11(18)7(14)3-16(13(17)20)10-2-8-9(25-10)4-24-27(21,22)26-8/h3,6,8-10H,2,4-5,15H2,1H3,(H,21,22)/t6?,8-,9+,10+/m0/s1.